The maximum Gasteiger partial charge on any atom is 0.211 e. The molecule has 1 amide bonds. The summed E-state index contributed by atoms with van der Waals surface area (Å²) in [6, 6.07) is 13.8. The molecule has 1 atom stereocenters. The summed E-state index contributed by atoms with van der Waals surface area (Å²) in [4.78, 5) is 11.5. The summed E-state index contributed by atoms with van der Waals surface area (Å²) >= 11 is 1.60. The van der Waals surface area contributed by atoms with Gasteiger partial charge in [-0.25, -0.2) is 5.06 Å². The molecule has 0 saturated carbocycles. The third kappa shape index (κ3) is 2.62. The molecule has 0 aliphatic carbocycles. The summed E-state index contributed by atoms with van der Waals surface area (Å²) in [6.07, 6.45) is 1.63. The zero-order valence-corrected chi connectivity index (χ0v) is 12.4. The third-order valence-electron chi connectivity index (χ3n) is 3.57. The Labute approximate surface area is 127 Å². The number of hydroxylamine groups is 1. The van der Waals surface area contributed by atoms with Gasteiger partial charge in [-0.05, 0) is 35.7 Å². The number of hydrogen-bond donors (Lipinski definition) is 2. The fourth-order valence-electron chi connectivity index (χ4n) is 2.38. The molecule has 0 spiro atoms. The monoisotopic (exact) mass is 300 g/mol. The number of fused-ring (bicyclic) bond motifs is 1. The average Bonchev–Trinajstić information content (AvgIpc) is 2.85. The van der Waals surface area contributed by atoms with Gasteiger partial charge in [-0.1, -0.05) is 43.0 Å². The van der Waals surface area contributed by atoms with E-state index in [1.165, 1.54) is 10.6 Å². The first-order valence-electron chi connectivity index (χ1n) is 6.80. The van der Waals surface area contributed by atoms with E-state index in [1.807, 2.05) is 12.1 Å². The van der Waals surface area contributed by atoms with Gasteiger partial charge in [0.2, 0.25) is 6.41 Å². The minimum atomic E-state index is -0.155. The molecule has 0 bridgehead atoms. The number of anilines is 2. The zero-order chi connectivity index (χ0) is 14.8. The lowest BCUT2D eigenvalue weighted by atomic mass is 10.1. The number of aryl methyl sites for hydroxylation is 1. The number of hydrogen-bond acceptors (Lipinski definition) is 4. The van der Waals surface area contributed by atoms with Gasteiger partial charge < -0.3 is 5.32 Å². The summed E-state index contributed by atoms with van der Waals surface area (Å²) < 4.78 is 0. The molecule has 2 N–H and O–H groups in total. The summed E-state index contributed by atoms with van der Waals surface area (Å²) in [5.74, 6) is 0. The van der Waals surface area contributed by atoms with E-state index in [2.05, 4.69) is 36.5 Å². The van der Waals surface area contributed by atoms with Crippen molar-refractivity contribution in [2.24, 2.45) is 0 Å². The van der Waals surface area contributed by atoms with Gasteiger partial charge in [0.1, 0.15) is 5.37 Å². The maximum absolute atomic E-state index is 10.5. The van der Waals surface area contributed by atoms with Crippen molar-refractivity contribution >= 4 is 29.5 Å². The highest BCUT2D eigenvalue weighted by Crippen LogP contribution is 2.50. The highest BCUT2D eigenvalue weighted by atomic mass is 32.2. The molecule has 1 unspecified atom stereocenters. The van der Waals surface area contributed by atoms with Crippen LogP contribution in [0.1, 0.15) is 23.4 Å². The normalized spacial score (nSPS) is 16.7. The van der Waals surface area contributed by atoms with Crippen LogP contribution in [0.4, 0.5) is 11.4 Å². The molecule has 0 fully saturated rings. The molecule has 3 rings (SSSR count). The van der Waals surface area contributed by atoms with Gasteiger partial charge in [-0.3, -0.25) is 10.0 Å². The predicted molar refractivity (Wildman–Crippen MR) is 84.8 cm³/mol. The molecule has 4 nitrogen and oxygen atoms in total. The van der Waals surface area contributed by atoms with Gasteiger partial charge in [0.25, 0.3) is 0 Å². The Morgan fingerprint density at radius 3 is 2.71 bits per heavy atom. The summed E-state index contributed by atoms with van der Waals surface area (Å²) in [5, 5.41) is 14.1. The van der Waals surface area contributed by atoms with Crippen LogP contribution in [0.15, 0.2) is 47.4 Å². The number of nitrogens with zero attached hydrogens (tertiary/aromatic N) is 1. The van der Waals surface area contributed by atoms with E-state index in [0.717, 1.165) is 22.6 Å². The zero-order valence-electron chi connectivity index (χ0n) is 11.6. The SMILES string of the molecule is CCc1ccc(C2Sc3ccc(NC=O)cc3N2O)cc1. The fourth-order valence-corrected chi connectivity index (χ4v) is 3.54. The molecular formula is C16H16N2O2S. The van der Waals surface area contributed by atoms with Gasteiger partial charge >= 0.3 is 0 Å². The first-order valence-corrected chi connectivity index (χ1v) is 7.68. The van der Waals surface area contributed by atoms with E-state index in [4.69, 9.17) is 0 Å². The van der Waals surface area contributed by atoms with Crippen molar-refractivity contribution in [2.45, 2.75) is 23.6 Å². The molecule has 108 valence electrons. The molecule has 21 heavy (non-hydrogen) atoms. The van der Waals surface area contributed by atoms with E-state index in [9.17, 15) is 10.0 Å². The molecule has 2 aromatic rings. The van der Waals surface area contributed by atoms with Crippen LogP contribution in [0, 0.1) is 0 Å². The number of rotatable bonds is 4. The topological polar surface area (TPSA) is 52.6 Å². The van der Waals surface area contributed by atoms with Crippen LogP contribution in [0.5, 0.6) is 0 Å². The highest BCUT2D eigenvalue weighted by molar-refractivity contribution is 8.00. The standard InChI is InChI=1S/C16H16N2O2S/c1-2-11-3-5-12(6-4-11)16-18(20)14-9-13(17-10-19)7-8-15(14)21-16/h3-10,16,20H,2H2,1H3,(H,17,19). The van der Waals surface area contributed by atoms with Crippen molar-refractivity contribution in [3.8, 4) is 0 Å². The number of thioether (sulfide) groups is 1. The Morgan fingerprint density at radius 2 is 2.05 bits per heavy atom. The van der Waals surface area contributed by atoms with E-state index in [0.29, 0.717) is 12.1 Å². The van der Waals surface area contributed by atoms with E-state index in [-0.39, 0.29) is 5.37 Å². The van der Waals surface area contributed by atoms with Crippen LogP contribution in [-0.2, 0) is 11.2 Å². The van der Waals surface area contributed by atoms with Gasteiger partial charge in [-0.15, -0.1) is 0 Å². The summed E-state index contributed by atoms with van der Waals surface area (Å²) in [6.45, 7) is 2.12. The molecule has 5 heteroatoms. The second-order valence-corrected chi connectivity index (χ2v) is 5.98. The average molecular weight is 300 g/mol. The molecule has 1 heterocycles. The first kappa shape index (κ1) is 14.0. The minimum Gasteiger partial charge on any atom is -0.329 e. The molecular weight excluding hydrogens is 284 g/mol. The number of nitrogens with one attached hydrogen (secondary N) is 1. The largest absolute Gasteiger partial charge is 0.329 e. The van der Waals surface area contributed by atoms with E-state index >= 15 is 0 Å². The van der Waals surface area contributed by atoms with Crippen LogP contribution in [0.3, 0.4) is 0 Å². The summed E-state index contributed by atoms with van der Waals surface area (Å²) in [5.41, 5.74) is 3.73. The Hall–Kier alpha value is -1.98. The van der Waals surface area contributed by atoms with Gasteiger partial charge in [-0.2, -0.15) is 0 Å². The second kappa shape index (κ2) is 5.79. The Morgan fingerprint density at radius 1 is 1.29 bits per heavy atom. The third-order valence-corrected chi connectivity index (χ3v) is 4.86. The van der Waals surface area contributed by atoms with Crippen LogP contribution >= 0.6 is 11.8 Å². The second-order valence-electron chi connectivity index (χ2n) is 4.85. The lowest BCUT2D eigenvalue weighted by Crippen LogP contribution is -2.18. The number of carbonyl (C=O) groups is 1. The molecule has 1 aliphatic rings. The van der Waals surface area contributed by atoms with Crippen molar-refractivity contribution in [2.75, 3.05) is 10.4 Å². The Bertz CT molecular complexity index is 658. The van der Waals surface area contributed by atoms with Crippen LogP contribution in [-0.4, -0.2) is 11.6 Å². The lowest BCUT2D eigenvalue weighted by molar-refractivity contribution is -0.105. The van der Waals surface area contributed by atoms with Crippen molar-refractivity contribution in [1.82, 2.24) is 0 Å². The molecule has 0 saturated heterocycles. The van der Waals surface area contributed by atoms with Gasteiger partial charge in [0.05, 0.1) is 5.69 Å². The first-order chi connectivity index (χ1) is 10.2. The van der Waals surface area contributed by atoms with Crippen molar-refractivity contribution < 1.29 is 10.0 Å². The van der Waals surface area contributed by atoms with E-state index < -0.39 is 0 Å². The van der Waals surface area contributed by atoms with E-state index in [1.54, 1.807) is 17.8 Å². The molecule has 0 radical (unpaired) electrons. The minimum absolute atomic E-state index is 0.155. The lowest BCUT2D eigenvalue weighted by Gasteiger charge is -2.19. The fraction of sp³-hybridized carbons (Fsp3) is 0.188. The molecule has 1 aliphatic heterocycles. The predicted octanol–water partition coefficient (Wildman–Crippen LogP) is 3.82. The smallest absolute Gasteiger partial charge is 0.211 e. The van der Waals surface area contributed by atoms with Crippen LogP contribution in [0.25, 0.3) is 0 Å². The molecule has 2 aromatic carbocycles. The van der Waals surface area contributed by atoms with Crippen molar-refractivity contribution in [3.05, 3.63) is 53.6 Å². The maximum atomic E-state index is 10.5. The van der Waals surface area contributed by atoms with Gasteiger partial charge in [0, 0.05) is 10.6 Å². The highest BCUT2D eigenvalue weighted by Gasteiger charge is 2.30. The summed E-state index contributed by atoms with van der Waals surface area (Å²) in [7, 11) is 0. The number of carbonyl (C=O) groups excluding carboxylic acids is 1. The number of amides is 1. The van der Waals surface area contributed by atoms with Crippen molar-refractivity contribution in [1.29, 1.82) is 0 Å². The van der Waals surface area contributed by atoms with Crippen LogP contribution < -0.4 is 10.4 Å². The number of benzene rings is 2. The van der Waals surface area contributed by atoms with Crippen molar-refractivity contribution in [3.63, 3.8) is 0 Å². The quantitative estimate of drug-likeness (QED) is 0.843. The van der Waals surface area contributed by atoms with Gasteiger partial charge in [0.15, 0.2) is 0 Å². The Kier molecular flexibility index (Phi) is 3.86. The molecule has 0 aromatic heterocycles. The Balaban J connectivity index is 1.88. The van der Waals surface area contributed by atoms with Crippen LogP contribution in [0.2, 0.25) is 0 Å².